The van der Waals surface area contributed by atoms with Gasteiger partial charge in [0, 0.05) is 18.5 Å². The van der Waals surface area contributed by atoms with Crippen LogP contribution in [0.25, 0.3) is 0 Å². The average molecular weight is 563 g/mol. The fourth-order valence-corrected chi connectivity index (χ4v) is 4.33. The lowest BCUT2D eigenvalue weighted by atomic mass is 10.1. The lowest BCUT2D eigenvalue weighted by molar-refractivity contribution is -0.115. The number of thioether (sulfide) groups is 1. The topological polar surface area (TPSA) is 76.1 Å². The molecule has 0 fully saturated rings. The maximum Gasteiger partial charge on any atom is 0.229 e. The molecular formula is C33H46N4O2S. The lowest BCUT2D eigenvalue weighted by Crippen LogP contribution is -2.13. The molecule has 0 aromatic carbocycles. The summed E-state index contributed by atoms with van der Waals surface area (Å²) < 4.78 is 5.64. The van der Waals surface area contributed by atoms with Crippen molar-refractivity contribution < 1.29 is 9.53 Å². The van der Waals surface area contributed by atoms with Gasteiger partial charge >= 0.3 is 0 Å². The maximum atomic E-state index is 12.4. The summed E-state index contributed by atoms with van der Waals surface area (Å²) in [4.78, 5) is 13.4. The first-order valence-corrected chi connectivity index (χ1v) is 14.5. The molecule has 1 heterocycles. The van der Waals surface area contributed by atoms with Crippen molar-refractivity contribution in [3.63, 3.8) is 0 Å². The number of ether oxygens (including phenoxy) is 1. The van der Waals surface area contributed by atoms with Crippen LogP contribution in [0.5, 0.6) is 0 Å². The number of nitrogens with zero attached hydrogens (tertiary/aromatic N) is 2. The Morgan fingerprint density at radius 2 is 1.88 bits per heavy atom. The minimum atomic E-state index is -0.135. The summed E-state index contributed by atoms with van der Waals surface area (Å²) in [7, 11) is 0. The lowest BCUT2D eigenvalue weighted by Gasteiger charge is -2.13. The van der Waals surface area contributed by atoms with Gasteiger partial charge in [0.15, 0.2) is 5.82 Å². The molecule has 7 heteroatoms. The van der Waals surface area contributed by atoms with E-state index < -0.39 is 0 Å². The van der Waals surface area contributed by atoms with Gasteiger partial charge in [-0.3, -0.25) is 4.79 Å². The molecule has 6 nitrogen and oxygen atoms in total. The second-order valence-corrected chi connectivity index (χ2v) is 10.6. The molecule has 0 bridgehead atoms. The Balaban J connectivity index is 2.36. The van der Waals surface area contributed by atoms with E-state index in [1.807, 2.05) is 51.1 Å². The van der Waals surface area contributed by atoms with Gasteiger partial charge in [-0.25, -0.2) is 0 Å². The van der Waals surface area contributed by atoms with E-state index >= 15 is 0 Å². The van der Waals surface area contributed by atoms with Crippen molar-refractivity contribution in [3.8, 4) is 0 Å². The molecule has 40 heavy (non-hydrogen) atoms. The minimum absolute atomic E-state index is 0.135. The van der Waals surface area contributed by atoms with Gasteiger partial charge in [0.2, 0.25) is 5.91 Å². The Morgan fingerprint density at radius 1 is 1.10 bits per heavy atom. The number of hydrogen-bond acceptors (Lipinski definition) is 6. The number of hydrogen-bond donors (Lipinski definition) is 2. The Hall–Kier alpha value is -3.58. The Morgan fingerprint density at radius 3 is 2.50 bits per heavy atom. The fourth-order valence-electron chi connectivity index (χ4n) is 3.54. The van der Waals surface area contributed by atoms with Gasteiger partial charge in [-0.2, -0.15) is 5.10 Å². The molecule has 2 N–H and O–H groups in total. The summed E-state index contributed by atoms with van der Waals surface area (Å²) in [6, 6.07) is 3.71. The van der Waals surface area contributed by atoms with E-state index in [4.69, 9.17) is 4.74 Å². The second-order valence-electron chi connectivity index (χ2n) is 9.30. The minimum Gasteiger partial charge on any atom is -0.494 e. The number of rotatable bonds is 20. The molecule has 0 aliphatic rings. The molecule has 1 amide bonds. The number of carbonyl (C=O) groups excluding carboxylic acids is 1. The first-order chi connectivity index (χ1) is 19.2. The molecule has 1 aromatic rings. The van der Waals surface area contributed by atoms with Crippen LogP contribution in [-0.4, -0.2) is 22.7 Å². The van der Waals surface area contributed by atoms with Crippen LogP contribution in [0.15, 0.2) is 107 Å². The van der Waals surface area contributed by atoms with Crippen molar-refractivity contribution in [3.05, 3.63) is 113 Å². The monoisotopic (exact) mass is 562 g/mol. The van der Waals surface area contributed by atoms with Crippen LogP contribution >= 0.6 is 11.8 Å². The van der Waals surface area contributed by atoms with Crippen LogP contribution in [0.4, 0.5) is 5.82 Å². The number of amides is 1. The molecule has 0 saturated heterocycles. The van der Waals surface area contributed by atoms with Crippen molar-refractivity contribution >= 4 is 23.5 Å². The summed E-state index contributed by atoms with van der Waals surface area (Å²) >= 11 is 1.55. The number of anilines is 1. The molecule has 0 spiro atoms. The van der Waals surface area contributed by atoms with Gasteiger partial charge in [0.05, 0.1) is 17.3 Å². The van der Waals surface area contributed by atoms with Crippen LogP contribution in [0, 0.1) is 0 Å². The SMILES string of the molecule is C=C/C=C\C(=C/C)CC(=C)NC(=C)SC(=C)CCCCc1ccc(NC(=O)C/C(C)=C/C(=C\C)OCCC)nn1. The molecule has 0 aliphatic carbocycles. The van der Waals surface area contributed by atoms with E-state index in [1.54, 1.807) is 23.9 Å². The Labute approximate surface area is 245 Å². The maximum absolute atomic E-state index is 12.4. The van der Waals surface area contributed by atoms with Crippen molar-refractivity contribution in [1.82, 2.24) is 15.5 Å². The summed E-state index contributed by atoms with van der Waals surface area (Å²) in [6.07, 6.45) is 17.1. The molecule has 0 saturated carbocycles. The van der Waals surface area contributed by atoms with E-state index in [-0.39, 0.29) is 12.3 Å². The van der Waals surface area contributed by atoms with Crippen molar-refractivity contribution in [2.75, 3.05) is 11.9 Å². The second kappa shape index (κ2) is 20.3. The molecule has 1 aromatic heterocycles. The predicted octanol–water partition coefficient (Wildman–Crippen LogP) is 8.69. The van der Waals surface area contributed by atoms with E-state index in [0.717, 1.165) is 76.8 Å². The standard InChI is InChI=1S/C33H46N4O2S/c1-9-13-17-29(11-3)24-26(6)34-28(8)40-27(7)16-14-15-18-30-19-20-32(37-36-30)35-33(38)23-25(5)22-31(12-4)39-21-10-2/h9,11-13,17,19-20,22,34H,1,6-8,10,14-16,18,21,23-24H2,2-5H3,(H,35,37,38)/b17-13-,25-22+,29-11+,31-12+. The van der Waals surface area contributed by atoms with Crippen molar-refractivity contribution in [2.45, 2.75) is 72.6 Å². The molecular weight excluding hydrogens is 516 g/mol. The van der Waals surface area contributed by atoms with E-state index in [0.29, 0.717) is 12.4 Å². The van der Waals surface area contributed by atoms with Gasteiger partial charge in [0.1, 0.15) is 5.76 Å². The quantitative estimate of drug-likeness (QED) is 0.0940. The third-order valence-corrected chi connectivity index (χ3v) is 6.37. The van der Waals surface area contributed by atoms with Gasteiger partial charge in [-0.15, -0.1) is 5.10 Å². The number of aromatic nitrogens is 2. The molecule has 1 rings (SSSR count). The van der Waals surface area contributed by atoms with Crippen LogP contribution < -0.4 is 10.6 Å². The number of unbranched alkanes of at least 4 members (excludes halogenated alkanes) is 1. The Kier molecular flexibility index (Phi) is 17.5. The van der Waals surface area contributed by atoms with Gasteiger partial charge in [-0.05, 0) is 87.6 Å². The third kappa shape index (κ3) is 15.7. The smallest absolute Gasteiger partial charge is 0.229 e. The van der Waals surface area contributed by atoms with Crippen LogP contribution in [0.2, 0.25) is 0 Å². The highest BCUT2D eigenvalue weighted by atomic mass is 32.2. The number of aryl methyl sites for hydroxylation is 1. The molecule has 0 atom stereocenters. The summed E-state index contributed by atoms with van der Waals surface area (Å²) in [5.41, 5.74) is 3.85. The zero-order valence-electron chi connectivity index (χ0n) is 24.7. The molecule has 216 valence electrons. The predicted molar refractivity (Wildman–Crippen MR) is 172 cm³/mol. The van der Waals surface area contributed by atoms with E-state index in [2.05, 4.69) is 60.1 Å². The van der Waals surface area contributed by atoms with Gasteiger partial charge in [-0.1, -0.05) is 74.9 Å². The number of allylic oxidation sites excluding steroid dienone is 8. The third-order valence-electron chi connectivity index (χ3n) is 5.53. The van der Waals surface area contributed by atoms with Crippen molar-refractivity contribution in [2.24, 2.45) is 0 Å². The average Bonchev–Trinajstić information content (AvgIpc) is 2.91. The first kappa shape index (κ1) is 34.4. The van der Waals surface area contributed by atoms with Crippen LogP contribution in [-0.2, 0) is 16.0 Å². The summed E-state index contributed by atoms with van der Waals surface area (Å²) in [6.45, 7) is 24.6. The van der Waals surface area contributed by atoms with Gasteiger partial charge in [0.25, 0.3) is 0 Å². The molecule has 0 radical (unpaired) electrons. The zero-order valence-corrected chi connectivity index (χ0v) is 25.5. The highest BCUT2D eigenvalue weighted by Crippen LogP contribution is 2.26. The van der Waals surface area contributed by atoms with Gasteiger partial charge < -0.3 is 15.4 Å². The Bertz CT molecular complexity index is 1130. The summed E-state index contributed by atoms with van der Waals surface area (Å²) in [5.74, 6) is 1.09. The zero-order chi connectivity index (χ0) is 29.8. The largest absolute Gasteiger partial charge is 0.494 e. The number of nitrogens with one attached hydrogen (secondary N) is 2. The molecule has 0 aliphatic heterocycles. The van der Waals surface area contributed by atoms with E-state index in [9.17, 15) is 4.79 Å². The van der Waals surface area contributed by atoms with E-state index in [1.165, 1.54) is 0 Å². The summed E-state index contributed by atoms with van der Waals surface area (Å²) in [5, 5.41) is 15.3. The normalized spacial score (nSPS) is 12.2. The van der Waals surface area contributed by atoms with Crippen molar-refractivity contribution in [1.29, 1.82) is 0 Å². The number of carbonyl (C=O) groups is 1. The van der Waals surface area contributed by atoms with Crippen LogP contribution in [0.1, 0.15) is 71.9 Å². The highest BCUT2D eigenvalue weighted by Gasteiger charge is 2.07. The first-order valence-electron chi connectivity index (χ1n) is 13.7. The fraction of sp³-hybridized carbons (Fsp3) is 0.364. The highest BCUT2D eigenvalue weighted by molar-refractivity contribution is 8.06. The van der Waals surface area contributed by atoms with Crippen LogP contribution in [0.3, 0.4) is 0 Å². The molecule has 0 unspecified atom stereocenters.